The number of aliphatic hydroxyl groups is 1. The largest absolute Gasteiger partial charge is 0.394 e. The lowest BCUT2D eigenvalue weighted by Crippen LogP contribution is -2.47. The number of nitrogens with two attached hydrogens (primary N) is 1. The van der Waals surface area contributed by atoms with Gasteiger partial charge in [-0.1, -0.05) is 30.3 Å². The summed E-state index contributed by atoms with van der Waals surface area (Å²) in [4.78, 5) is 25.4. The highest BCUT2D eigenvalue weighted by Gasteiger charge is 2.33. The van der Waals surface area contributed by atoms with Gasteiger partial charge in [-0.15, -0.1) is 0 Å². The molecule has 2 unspecified atom stereocenters. The molecule has 4 N–H and O–H groups in total. The van der Waals surface area contributed by atoms with Gasteiger partial charge in [0, 0.05) is 6.54 Å². The van der Waals surface area contributed by atoms with Crippen LogP contribution in [0.2, 0.25) is 0 Å². The molecule has 0 spiro atoms. The van der Waals surface area contributed by atoms with Crippen molar-refractivity contribution in [2.45, 2.75) is 24.9 Å². The maximum atomic E-state index is 12.6. The maximum Gasteiger partial charge on any atom is 0.313 e. The van der Waals surface area contributed by atoms with Crippen molar-refractivity contribution in [2.75, 3.05) is 13.2 Å². The van der Waals surface area contributed by atoms with Gasteiger partial charge in [0.05, 0.1) is 12.6 Å². The molecule has 0 aromatic heterocycles. The van der Waals surface area contributed by atoms with E-state index in [-0.39, 0.29) is 18.6 Å². The number of carbonyl (C=O) groups excluding carboxylic acids is 2. The third-order valence-electron chi connectivity index (χ3n) is 3.54. The van der Waals surface area contributed by atoms with E-state index in [0.29, 0.717) is 12.1 Å². The highest BCUT2D eigenvalue weighted by Crippen LogP contribution is 2.23. The van der Waals surface area contributed by atoms with Gasteiger partial charge in [0.1, 0.15) is 6.04 Å². The number of hydrogen-bond acceptors (Lipinski definition) is 3. The van der Waals surface area contributed by atoms with Crippen molar-refractivity contribution >= 4 is 11.9 Å². The van der Waals surface area contributed by atoms with Crippen molar-refractivity contribution in [3.63, 3.8) is 0 Å². The molecule has 0 radical (unpaired) electrons. The van der Waals surface area contributed by atoms with Crippen LogP contribution in [0.1, 0.15) is 24.4 Å². The average Bonchev–Trinajstić information content (AvgIpc) is 2.93. The second kappa shape index (κ2) is 6.38. The van der Waals surface area contributed by atoms with Crippen LogP contribution in [-0.4, -0.2) is 41.1 Å². The van der Waals surface area contributed by atoms with E-state index in [1.165, 1.54) is 0 Å². The molecule has 6 heteroatoms. The third kappa shape index (κ3) is 3.08. The highest BCUT2D eigenvalue weighted by molar-refractivity contribution is 5.88. The summed E-state index contributed by atoms with van der Waals surface area (Å²) in [6.07, 6.45) is 1.63. The number of nitrogens with one attached hydrogen (secondary N) is 1. The van der Waals surface area contributed by atoms with Gasteiger partial charge in [-0.25, -0.2) is 4.79 Å². The van der Waals surface area contributed by atoms with E-state index in [1.54, 1.807) is 29.2 Å². The van der Waals surface area contributed by atoms with Crippen LogP contribution in [0.15, 0.2) is 30.3 Å². The number of amides is 3. The Labute approximate surface area is 117 Å². The summed E-state index contributed by atoms with van der Waals surface area (Å²) in [5.74, 6) is -0.230. The quantitative estimate of drug-likeness (QED) is 0.742. The summed E-state index contributed by atoms with van der Waals surface area (Å²) in [5.41, 5.74) is 5.84. The second-order valence-corrected chi connectivity index (χ2v) is 4.86. The topological polar surface area (TPSA) is 95.7 Å². The highest BCUT2D eigenvalue weighted by atomic mass is 16.3. The predicted octanol–water partition coefficient (Wildman–Crippen LogP) is 0.379. The van der Waals surface area contributed by atoms with E-state index >= 15 is 0 Å². The first-order chi connectivity index (χ1) is 9.63. The molecule has 3 amide bonds. The van der Waals surface area contributed by atoms with Crippen LogP contribution in [0.4, 0.5) is 4.79 Å². The molecule has 0 saturated carbocycles. The smallest absolute Gasteiger partial charge is 0.313 e. The summed E-state index contributed by atoms with van der Waals surface area (Å²) in [7, 11) is 0. The second-order valence-electron chi connectivity index (χ2n) is 4.86. The van der Waals surface area contributed by atoms with Crippen molar-refractivity contribution in [3.8, 4) is 0 Å². The van der Waals surface area contributed by atoms with Gasteiger partial charge >= 0.3 is 6.03 Å². The van der Waals surface area contributed by atoms with E-state index in [0.717, 1.165) is 12.8 Å². The molecule has 1 aliphatic heterocycles. The fraction of sp³-hybridized carbons (Fsp3) is 0.429. The van der Waals surface area contributed by atoms with Crippen LogP contribution in [-0.2, 0) is 4.79 Å². The van der Waals surface area contributed by atoms with Crippen molar-refractivity contribution in [3.05, 3.63) is 35.9 Å². The van der Waals surface area contributed by atoms with Crippen LogP contribution >= 0.6 is 0 Å². The lowest BCUT2D eigenvalue weighted by Gasteiger charge is -2.28. The SMILES string of the molecule is NC(=O)NC(C(=O)N1CCCC1CO)c1ccccc1. The van der Waals surface area contributed by atoms with E-state index < -0.39 is 12.1 Å². The van der Waals surface area contributed by atoms with Gasteiger partial charge in [-0.2, -0.15) is 0 Å². The molecule has 1 aromatic rings. The summed E-state index contributed by atoms with van der Waals surface area (Å²) in [6.45, 7) is 0.525. The number of carbonyl (C=O) groups is 2. The number of aliphatic hydroxyl groups excluding tert-OH is 1. The molecule has 1 fully saturated rings. The minimum atomic E-state index is -0.805. The first-order valence-electron chi connectivity index (χ1n) is 6.65. The van der Waals surface area contributed by atoms with Crippen LogP contribution in [0.3, 0.4) is 0 Å². The maximum absolute atomic E-state index is 12.6. The summed E-state index contributed by atoms with van der Waals surface area (Å²) in [5, 5.41) is 11.8. The third-order valence-corrected chi connectivity index (χ3v) is 3.54. The molecule has 2 rings (SSSR count). The van der Waals surface area contributed by atoms with Crippen LogP contribution in [0.5, 0.6) is 0 Å². The Bertz CT molecular complexity index is 478. The predicted molar refractivity (Wildman–Crippen MR) is 73.7 cm³/mol. The van der Waals surface area contributed by atoms with Crippen LogP contribution in [0.25, 0.3) is 0 Å². The van der Waals surface area contributed by atoms with Crippen LogP contribution in [0, 0.1) is 0 Å². The minimum Gasteiger partial charge on any atom is -0.394 e. The van der Waals surface area contributed by atoms with Crippen molar-refractivity contribution in [1.82, 2.24) is 10.2 Å². The molecule has 0 aliphatic carbocycles. The van der Waals surface area contributed by atoms with Crippen molar-refractivity contribution < 1.29 is 14.7 Å². The number of hydrogen-bond donors (Lipinski definition) is 3. The normalized spacial score (nSPS) is 19.6. The average molecular weight is 277 g/mol. The fourth-order valence-electron chi connectivity index (χ4n) is 2.56. The molecular weight excluding hydrogens is 258 g/mol. The van der Waals surface area contributed by atoms with Gasteiger partial charge < -0.3 is 21.1 Å². The molecule has 20 heavy (non-hydrogen) atoms. The fourth-order valence-corrected chi connectivity index (χ4v) is 2.56. The summed E-state index contributed by atoms with van der Waals surface area (Å²) < 4.78 is 0. The monoisotopic (exact) mass is 277 g/mol. The zero-order valence-electron chi connectivity index (χ0n) is 11.2. The molecule has 108 valence electrons. The molecule has 1 aliphatic rings. The summed E-state index contributed by atoms with van der Waals surface area (Å²) >= 11 is 0. The Kier molecular flexibility index (Phi) is 4.57. The van der Waals surface area contributed by atoms with E-state index in [9.17, 15) is 14.7 Å². The number of likely N-dealkylation sites (tertiary alicyclic amines) is 1. The van der Waals surface area contributed by atoms with Gasteiger partial charge in [0.15, 0.2) is 0 Å². The summed E-state index contributed by atoms with van der Waals surface area (Å²) in [6, 6.07) is 7.24. The van der Waals surface area contributed by atoms with Crippen molar-refractivity contribution in [2.24, 2.45) is 5.73 Å². The number of primary amides is 1. The standard InChI is InChI=1S/C14H19N3O3/c15-14(20)16-12(10-5-2-1-3-6-10)13(19)17-8-4-7-11(17)9-18/h1-3,5-6,11-12,18H,4,7-9H2,(H3,15,16,20). The molecule has 2 atom stereocenters. The number of nitrogens with zero attached hydrogens (tertiary/aromatic N) is 1. The number of rotatable bonds is 4. The lowest BCUT2D eigenvalue weighted by molar-refractivity contribution is -0.134. The Balaban J connectivity index is 2.22. The minimum absolute atomic E-state index is 0.0657. The van der Waals surface area contributed by atoms with Gasteiger partial charge in [0.2, 0.25) is 5.91 Å². The number of benzene rings is 1. The lowest BCUT2D eigenvalue weighted by atomic mass is 10.1. The number of urea groups is 1. The zero-order chi connectivity index (χ0) is 14.5. The van der Waals surface area contributed by atoms with Crippen LogP contribution < -0.4 is 11.1 Å². The zero-order valence-corrected chi connectivity index (χ0v) is 11.2. The molecule has 1 heterocycles. The molecule has 6 nitrogen and oxygen atoms in total. The van der Waals surface area contributed by atoms with E-state index in [4.69, 9.17) is 5.73 Å². The molecular formula is C14H19N3O3. The Morgan fingerprint density at radius 1 is 1.40 bits per heavy atom. The Hall–Kier alpha value is -2.08. The van der Waals surface area contributed by atoms with E-state index in [1.807, 2.05) is 6.07 Å². The van der Waals surface area contributed by atoms with Gasteiger partial charge in [-0.05, 0) is 18.4 Å². The first-order valence-corrected chi connectivity index (χ1v) is 6.65. The molecule has 1 saturated heterocycles. The van der Waals surface area contributed by atoms with E-state index in [2.05, 4.69) is 5.32 Å². The Morgan fingerprint density at radius 2 is 2.10 bits per heavy atom. The van der Waals surface area contributed by atoms with Gasteiger partial charge in [-0.3, -0.25) is 4.79 Å². The molecule has 1 aromatic carbocycles. The first kappa shape index (κ1) is 14.3. The van der Waals surface area contributed by atoms with Gasteiger partial charge in [0.25, 0.3) is 0 Å². The Morgan fingerprint density at radius 3 is 2.70 bits per heavy atom. The van der Waals surface area contributed by atoms with Crippen molar-refractivity contribution in [1.29, 1.82) is 0 Å². The molecule has 0 bridgehead atoms.